The fourth-order valence-electron chi connectivity index (χ4n) is 3.19. The zero-order chi connectivity index (χ0) is 14.4. The van der Waals surface area contributed by atoms with E-state index in [1.165, 1.54) is 54.5 Å². The molecular formula is C18H29NS. The van der Waals surface area contributed by atoms with Crippen LogP contribution in [0.15, 0.2) is 18.2 Å². The predicted molar refractivity (Wildman–Crippen MR) is 91.8 cm³/mol. The molecule has 0 saturated carbocycles. The van der Waals surface area contributed by atoms with Crippen LogP contribution >= 0.6 is 11.8 Å². The van der Waals surface area contributed by atoms with E-state index in [1.54, 1.807) is 0 Å². The fourth-order valence-corrected chi connectivity index (χ4v) is 4.62. The number of hydrogen-bond donors (Lipinski definition) is 1. The van der Waals surface area contributed by atoms with E-state index in [1.807, 2.05) is 0 Å². The second-order valence-corrected chi connectivity index (χ2v) is 7.51. The number of rotatable bonds is 6. The molecule has 0 radical (unpaired) electrons. The van der Waals surface area contributed by atoms with Crippen LogP contribution in [-0.2, 0) is 6.42 Å². The third-order valence-electron chi connectivity index (χ3n) is 4.06. The minimum Gasteiger partial charge on any atom is -0.313 e. The Morgan fingerprint density at radius 3 is 2.55 bits per heavy atom. The molecule has 2 atom stereocenters. The SMILES string of the molecule is CCCNC(Cc1cc(C)cc(C)c1)C1CCCCS1. The maximum Gasteiger partial charge on any atom is 0.0226 e. The van der Waals surface area contributed by atoms with Crippen molar-refractivity contribution in [3.63, 3.8) is 0 Å². The second kappa shape index (κ2) is 8.09. The number of thioether (sulfide) groups is 1. The van der Waals surface area contributed by atoms with E-state index >= 15 is 0 Å². The molecule has 20 heavy (non-hydrogen) atoms. The topological polar surface area (TPSA) is 12.0 Å². The molecule has 1 fully saturated rings. The summed E-state index contributed by atoms with van der Waals surface area (Å²) < 4.78 is 0. The highest BCUT2D eigenvalue weighted by molar-refractivity contribution is 8.00. The third-order valence-corrected chi connectivity index (χ3v) is 5.57. The quantitative estimate of drug-likeness (QED) is 0.828. The van der Waals surface area contributed by atoms with Gasteiger partial charge in [-0.1, -0.05) is 42.7 Å². The maximum absolute atomic E-state index is 3.81. The van der Waals surface area contributed by atoms with Gasteiger partial charge >= 0.3 is 0 Å². The van der Waals surface area contributed by atoms with E-state index in [9.17, 15) is 0 Å². The van der Waals surface area contributed by atoms with Gasteiger partial charge in [0.15, 0.2) is 0 Å². The Morgan fingerprint density at radius 1 is 1.20 bits per heavy atom. The lowest BCUT2D eigenvalue weighted by Crippen LogP contribution is -2.41. The average Bonchev–Trinajstić information content (AvgIpc) is 2.43. The molecular weight excluding hydrogens is 262 g/mol. The zero-order valence-corrected chi connectivity index (χ0v) is 14.1. The molecule has 1 aromatic carbocycles. The summed E-state index contributed by atoms with van der Waals surface area (Å²) in [5, 5.41) is 4.61. The van der Waals surface area contributed by atoms with Crippen LogP contribution < -0.4 is 5.32 Å². The van der Waals surface area contributed by atoms with E-state index in [4.69, 9.17) is 0 Å². The monoisotopic (exact) mass is 291 g/mol. The highest BCUT2D eigenvalue weighted by Crippen LogP contribution is 2.29. The summed E-state index contributed by atoms with van der Waals surface area (Å²) in [7, 11) is 0. The summed E-state index contributed by atoms with van der Waals surface area (Å²) in [6.07, 6.45) is 6.61. The molecule has 1 aliphatic heterocycles. The van der Waals surface area contributed by atoms with E-state index < -0.39 is 0 Å². The number of aryl methyl sites for hydroxylation is 2. The normalized spacial score (nSPS) is 20.9. The third kappa shape index (κ3) is 4.82. The van der Waals surface area contributed by atoms with Crippen LogP contribution in [0.1, 0.15) is 49.3 Å². The molecule has 1 saturated heterocycles. The number of benzene rings is 1. The molecule has 112 valence electrons. The van der Waals surface area contributed by atoms with Gasteiger partial charge in [0.1, 0.15) is 0 Å². The van der Waals surface area contributed by atoms with Gasteiger partial charge in [0, 0.05) is 11.3 Å². The molecule has 1 heterocycles. The number of hydrogen-bond acceptors (Lipinski definition) is 2. The summed E-state index contributed by atoms with van der Waals surface area (Å²) in [4.78, 5) is 0. The second-order valence-electron chi connectivity index (χ2n) is 6.17. The van der Waals surface area contributed by atoms with Gasteiger partial charge in [-0.05, 0) is 57.4 Å². The van der Waals surface area contributed by atoms with E-state index in [2.05, 4.69) is 56.0 Å². The minimum absolute atomic E-state index is 0.640. The molecule has 0 aliphatic carbocycles. The smallest absolute Gasteiger partial charge is 0.0226 e. The van der Waals surface area contributed by atoms with Crippen LogP contribution in [0.5, 0.6) is 0 Å². The standard InChI is InChI=1S/C18H29NS/c1-4-8-19-17(18-7-5-6-9-20-18)13-16-11-14(2)10-15(3)12-16/h10-12,17-19H,4-9,13H2,1-3H3. The molecule has 1 aromatic rings. The van der Waals surface area contributed by atoms with Gasteiger partial charge < -0.3 is 5.32 Å². The van der Waals surface area contributed by atoms with Crippen molar-refractivity contribution in [3.8, 4) is 0 Å². The van der Waals surface area contributed by atoms with Crippen LogP contribution in [-0.4, -0.2) is 23.6 Å². The van der Waals surface area contributed by atoms with Crippen molar-refractivity contribution in [1.82, 2.24) is 5.32 Å². The van der Waals surface area contributed by atoms with Gasteiger partial charge in [-0.25, -0.2) is 0 Å². The molecule has 1 aliphatic rings. The zero-order valence-electron chi connectivity index (χ0n) is 13.2. The lowest BCUT2D eigenvalue weighted by Gasteiger charge is -2.31. The molecule has 2 rings (SSSR count). The van der Waals surface area contributed by atoms with Gasteiger partial charge in [-0.3, -0.25) is 0 Å². The Hall–Kier alpha value is -0.470. The fraction of sp³-hybridized carbons (Fsp3) is 0.667. The summed E-state index contributed by atoms with van der Waals surface area (Å²) in [6, 6.07) is 7.64. The first kappa shape index (κ1) is 15.9. The Morgan fingerprint density at radius 2 is 1.95 bits per heavy atom. The Balaban J connectivity index is 2.05. The van der Waals surface area contributed by atoms with Crippen molar-refractivity contribution < 1.29 is 0 Å². The molecule has 2 heteroatoms. The van der Waals surface area contributed by atoms with Crippen molar-refractivity contribution in [3.05, 3.63) is 34.9 Å². The molecule has 0 bridgehead atoms. The van der Waals surface area contributed by atoms with E-state index in [0.29, 0.717) is 6.04 Å². The summed E-state index contributed by atoms with van der Waals surface area (Å²) in [6.45, 7) is 7.82. The maximum atomic E-state index is 3.81. The molecule has 0 amide bonds. The van der Waals surface area contributed by atoms with E-state index in [0.717, 1.165) is 11.8 Å². The highest BCUT2D eigenvalue weighted by atomic mass is 32.2. The van der Waals surface area contributed by atoms with Crippen molar-refractivity contribution in [1.29, 1.82) is 0 Å². The van der Waals surface area contributed by atoms with Crippen molar-refractivity contribution in [2.75, 3.05) is 12.3 Å². The Kier molecular flexibility index (Phi) is 6.44. The molecule has 2 unspecified atom stereocenters. The molecule has 1 N–H and O–H groups in total. The average molecular weight is 292 g/mol. The molecule has 0 spiro atoms. The van der Waals surface area contributed by atoms with Gasteiger partial charge in [0.25, 0.3) is 0 Å². The van der Waals surface area contributed by atoms with Crippen molar-refractivity contribution in [2.45, 2.75) is 64.2 Å². The summed E-state index contributed by atoms with van der Waals surface area (Å²) in [5.41, 5.74) is 4.29. The van der Waals surface area contributed by atoms with Crippen LogP contribution in [0.3, 0.4) is 0 Å². The van der Waals surface area contributed by atoms with Gasteiger partial charge in [-0.2, -0.15) is 11.8 Å². The molecule has 1 nitrogen and oxygen atoms in total. The van der Waals surface area contributed by atoms with Crippen molar-refractivity contribution >= 4 is 11.8 Å². The van der Waals surface area contributed by atoms with Crippen LogP contribution in [0.2, 0.25) is 0 Å². The van der Waals surface area contributed by atoms with Crippen LogP contribution in [0.4, 0.5) is 0 Å². The Bertz CT molecular complexity index is 390. The Labute approximate surface area is 128 Å². The predicted octanol–water partition coefficient (Wildman–Crippen LogP) is 4.50. The van der Waals surface area contributed by atoms with Crippen LogP contribution in [0, 0.1) is 13.8 Å². The summed E-state index contributed by atoms with van der Waals surface area (Å²) in [5.74, 6) is 1.35. The number of nitrogens with one attached hydrogen (secondary N) is 1. The van der Waals surface area contributed by atoms with E-state index in [-0.39, 0.29) is 0 Å². The first-order chi connectivity index (χ1) is 9.69. The first-order valence-electron chi connectivity index (χ1n) is 8.11. The molecule has 0 aromatic heterocycles. The van der Waals surface area contributed by atoms with Crippen LogP contribution in [0.25, 0.3) is 0 Å². The highest BCUT2D eigenvalue weighted by Gasteiger charge is 2.23. The van der Waals surface area contributed by atoms with Crippen molar-refractivity contribution in [2.24, 2.45) is 0 Å². The minimum atomic E-state index is 0.640. The van der Waals surface area contributed by atoms with Gasteiger partial charge in [0.05, 0.1) is 0 Å². The lowest BCUT2D eigenvalue weighted by molar-refractivity contribution is 0.461. The summed E-state index contributed by atoms with van der Waals surface area (Å²) >= 11 is 2.19. The lowest BCUT2D eigenvalue weighted by atomic mass is 9.97. The largest absolute Gasteiger partial charge is 0.313 e. The van der Waals surface area contributed by atoms with Gasteiger partial charge in [-0.15, -0.1) is 0 Å². The van der Waals surface area contributed by atoms with Gasteiger partial charge in [0.2, 0.25) is 0 Å². The first-order valence-corrected chi connectivity index (χ1v) is 9.16.